The number of hydrogen-bond donors (Lipinski definition) is 0. The highest BCUT2D eigenvalue weighted by molar-refractivity contribution is 6.15. The van der Waals surface area contributed by atoms with Gasteiger partial charge in [0.05, 0.1) is 28.1 Å². The Labute approximate surface area is 330 Å². The summed E-state index contributed by atoms with van der Waals surface area (Å²) >= 11 is 0. The highest BCUT2D eigenvalue weighted by Crippen LogP contribution is 2.44. The molecule has 0 saturated carbocycles. The van der Waals surface area contributed by atoms with Gasteiger partial charge in [0.15, 0.2) is 0 Å². The summed E-state index contributed by atoms with van der Waals surface area (Å²) in [4.78, 5) is 0. The first-order valence-electron chi connectivity index (χ1n) is 19.9. The average Bonchev–Trinajstić information content (AvgIpc) is 3.92. The highest BCUT2D eigenvalue weighted by Gasteiger charge is 2.27. The lowest BCUT2D eigenvalue weighted by Crippen LogP contribution is -2.14. The van der Waals surface area contributed by atoms with E-state index in [4.69, 9.17) is 0 Å². The van der Waals surface area contributed by atoms with Crippen molar-refractivity contribution in [2.24, 2.45) is 0 Å². The second-order valence-electron chi connectivity index (χ2n) is 15.2. The summed E-state index contributed by atoms with van der Waals surface area (Å²) in [6.45, 7) is 0. The molecule has 3 heterocycles. The van der Waals surface area contributed by atoms with Crippen molar-refractivity contribution in [3.8, 4) is 33.6 Å². The van der Waals surface area contributed by atoms with E-state index in [1.165, 1.54) is 99.4 Å². The maximum atomic E-state index is 2.61. The molecule has 0 bridgehead atoms. The Kier molecular flexibility index (Phi) is 7.05. The lowest BCUT2D eigenvalue weighted by Gasteiger charge is -2.23. The molecule has 268 valence electrons. The minimum atomic E-state index is 0.112. The van der Waals surface area contributed by atoms with Gasteiger partial charge in [-0.15, -0.1) is 0 Å². The Hall–Kier alpha value is -7.36. The van der Waals surface area contributed by atoms with Gasteiger partial charge < -0.3 is 13.7 Å². The minimum absolute atomic E-state index is 0.112. The summed E-state index contributed by atoms with van der Waals surface area (Å²) < 4.78 is 7.57. The highest BCUT2D eigenvalue weighted by atomic mass is 15.0. The van der Waals surface area contributed by atoms with Crippen LogP contribution in [0, 0.1) is 0 Å². The molecule has 0 saturated heterocycles. The SMILES string of the molecule is C1=CC(n2c3ccccc3c3cccc(-c4ccccc4)c32)Cc2c1n(-c1ccccc1)c1ccc(-n3c4ccccc4c4cccc(-c5ccccc5)c43)cc21. The Morgan fingerprint density at radius 2 is 0.930 bits per heavy atom. The molecule has 12 rings (SSSR count). The second-order valence-corrected chi connectivity index (χ2v) is 15.2. The summed E-state index contributed by atoms with van der Waals surface area (Å²) in [7, 11) is 0. The zero-order chi connectivity index (χ0) is 37.5. The molecule has 0 radical (unpaired) electrons. The number of para-hydroxylation sites is 5. The third kappa shape index (κ3) is 4.79. The first-order chi connectivity index (χ1) is 28.3. The number of fused-ring (bicyclic) bond motifs is 9. The van der Waals surface area contributed by atoms with Crippen LogP contribution in [0.2, 0.25) is 0 Å². The normalized spacial score (nSPS) is 14.0. The average molecular weight is 728 g/mol. The summed E-state index contributed by atoms with van der Waals surface area (Å²) in [6, 6.07) is 71.1. The van der Waals surface area contributed by atoms with Crippen molar-refractivity contribution in [3.63, 3.8) is 0 Å². The fraction of sp³-hybridized carbons (Fsp3) is 0.0370. The third-order valence-corrected chi connectivity index (χ3v) is 12.2. The summed E-state index contributed by atoms with van der Waals surface area (Å²) in [5.41, 5.74) is 16.1. The predicted molar refractivity (Wildman–Crippen MR) is 240 cm³/mol. The van der Waals surface area contributed by atoms with E-state index in [1.807, 2.05) is 0 Å². The molecule has 11 aromatic rings. The molecule has 57 heavy (non-hydrogen) atoms. The number of nitrogens with zero attached hydrogens (tertiary/aromatic N) is 3. The molecule has 3 heteroatoms. The van der Waals surface area contributed by atoms with Gasteiger partial charge in [-0.3, -0.25) is 0 Å². The molecule has 1 aliphatic rings. The van der Waals surface area contributed by atoms with Crippen LogP contribution in [0.15, 0.2) is 200 Å². The molecule has 1 aliphatic carbocycles. The van der Waals surface area contributed by atoms with Gasteiger partial charge in [-0.25, -0.2) is 0 Å². The number of aromatic nitrogens is 3. The van der Waals surface area contributed by atoms with Crippen LogP contribution in [-0.4, -0.2) is 13.7 Å². The fourth-order valence-electron chi connectivity index (χ4n) is 9.79. The molecule has 8 aromatic carbocycles. The molecule has 0 spiro atoms. The van der Waals surface area contributed by atoms with Crippen LogP contribution < -0.4 is 0 Å². The fourth-order valence-corrected chi connectivity index (χ4v) is 9.79. The minimum Gasteiger partial charge on any atom is -0.333 e. The van der Waals surface area contributed by atoms with Gasteiger partial charge in [-0.1, -0.05) is 158 Å². The predicted octanol–water partition coefficient (Wildman–Crippen LogP) is 14.0. The van der Waals surface area contributed by atoms with Crippen LogP contribution in [0.25, 0.3) is 94.2 Å². The van der Waals surface area contributed by atoms with Gasteiger partial charge in [0.1, 0.15) is 0 Å². The van der Waals surface area contributed by atoms with Crippen molar-refractivity contribution >= 4 is 60.6 Å². The summed E-state index contributed by atoms with van der Waals surface area (Å²) in [5.74, 6) is 0. The number of benzene rings is 8. The maximum absolute atomic E-state index is 2.61. The molecule has 1 atom stereocenters. The van der Waals surface area contributed by atoms with Crippen LogP contribution in [0.3, 0.4) is 0 Å². The van der Waals surface area contributed by atoms with Crippen molar-refractivity contribution in [1.82, 2.24) is 13.7 Å². The van der Waals surface area contributed by atoms with Gasteiger partial charge in [-0.2, -0.15) is 0 Å². The van der Waals surface area contributed by atoms with Crippen molar-refractivity contribution in [2.75, 3.05) is 0 Å². The van der Waals surface area contributed by atoms with Crippen LogP contribution >= 0.6 is 0 Å². The topological polar surface area (TPSA) is 14.8 Å². The smallest absolute Gasteiger partial charge is 0.0619 e. The van der Waals surface area contributed by atoms with E-state index >= 15 is 0 Å². The van der Waals surface area contributed by atoms with Gasteiger partial charge in [0, 0.05) is 60.6 Å². The molecule has 0 fully saturated rings. The molecular formula is C54H37N3. The van der Waals surface area contributed by atoms with Crippen molar-refractivity contribution in [1.29, 1.82) is 0 Å². The van der Waals surface area contributed by atoms with Gasteiger partial charge >= 0.3 is 0 Å². The summed E-state index contributed by atoms with van der Waals surface area (Å²) in [5, 5.41) is 6.39. The number of hydrogen-bond acceptors (Lipinski definition) is 0. The molecule has 3 nitrogen and oxygen atoms in total. The maximum Gasteiger partial charge on any atom is 0.0619 e. The summed E-state index contributed by atoms with van der Waals surface area (Å²) in [6.07, 6.45) is 5.69. The molecule has 0 aliphatic heterocycles. The van der Waals surface area contributed by atoms with E-state index in [-0.39, 0.29) is 6.04 Å². The van der Waals surface area contributed by atoms with Crippen LogP contribution in [0.4, 0.5) is 0 Å². The zero-order valence-electron chi connectivity index (χ0n) is 31.3. The van der Waals surface area contributed by atoms with E-state index in [0.717, 1.165) is 6.42 Å². The second kappa shape index (κ2) is 12.6. The van der Waals surface area contributed by atoms with Gasteiger partial charge in [0.2, 0.25) is 0 Å². The van der Waals surface area contributed by atoms with E-state index in [2.05, 4.69) is 220 Å². The van der Waals surface area contributed by atoms with Crippen molar-refractivity contribution < 1.29 is 0 Å². The van der Waals surface area contributed by atoms with Gasteiger partial charge in [0.25, 0.3) is 0 Å². The van der Waals surface area contributed by atoms with Crippen LogP contribution in [-0.2, 0) is 6.42 Å². The molecule has 0 amide bonds. The third-order valence-electron chi connectivity index (χ3n) is 12.2. The van der Waals surface area contributed by atoms with E-state index in [0.29, 0.717) is 0 Å². The van der Waals surface area contributed by atoms with Crippen molar-refractivity contribution in [2.45, 2.75) is 12.5 Å². The quantitative estimate of drug-likeness (QED) is 0.168. The molecule has 0 N–H and O–H groups in total. The van der Waals surface area contributed by atoms with E-state index in [1.54, 1.807) is 0 Å². The van der Waals surface area contributed by atoms with Crippen molar-refractivity contribution in [3.05, 3.63) is 211 Å². The molecular weight excluding hydrogens is 691 g/mol. The lowest BCUT2D eigenvalue weighted by molar-refractivity contribution is 0.636. The Bertz CT molecular complexity index is 3360. The standard InChI is InChI=1S/C54H37N3/c1-4-16-36(17-5-1)41-24-14-26-45-43-22-10-12-28-49(43)56(53(41)45)39-30-32-51-47(34-39)48-35-40(31-33-52(48)55(51)38-20-8-3-9-21-38)57-50-29-13-11-23-44(50)46-27-15-25-42(54(46)57)37-18-6-2-7-19-37/h1-34,40H,35H2. The molecule has 3 aromatic heterocycles. The Morgan fingerprint density at radius 1 is 0.386 bits per heavy atom. The first-order valence-corrected chi connectivity index (χ1v) is 19.9. The zero-order valence-corrected chi connectivity index (χ0v) is 31.3. The largest absolute Gasteiger partial charge is 0.333 e. The number of rotatable bonds is 5. The monoisotopic (exact) mass is 727 g/mol. The lowest BCUT2D eigenvalue weighted by atomic mass is 9.95. The number of allylic oxidation sites excluding steroid dienone is 1. The van der Waals surface area contributed by atoms with Crippen LogP contribution in [0.5, 0.6) is 0 Å². The first kappa shape index (κ1) is 31.9. The molecule has 1 unspecified atom stereocenters. The Morgan fingerprint density at radius 3 is 1.63 bits per heavy atom. The van der Waals surface area contributed by atoms with E-state index < -0.39 is 0 Å². The Balaban J connectivity index is 1.12. The van der Waals surface area contributed by atoms with Gasteiger partial charge in [-0.05, 0) is 71.7 Å². The van der Waals surface area contributed by atoms with Crippen LogP contribution in [0.1, 0.15) is 17.3 Å². The van der Waals surface area contributed by atoms with E-state index in [9.17, 15) is 0 Å².